The van der Waals surface area contributed by atoms with Crippen LogP contribution in [-0.4, -0.2) is 17.3 Å². The van der Waals surface area contributed by atoms with Crippen molar-refractivity contribution in [1.82, 2.24) is 5.32 Å². The van der Waals surface area contributed by atoms with Gasteiger partial charge in [-0.25, -0.2) is 0 Å². The van der Waals surface area contributed by atoms with Gasteiger partial charge in [-0.05, 0) is 30.6 Å². The van der Waals surface area contributed by atoms with Crippen molar-refractivity contribution in [3.05, 3.63) is 0 Å². The van der Waals surface area contributed by atoms with Crippen molar-refractivity contribution >= 4 is 21.8 Å². The highest BCUT2D eigenvalue weighted by Crippen LogP contribution is 2.29. The normalized spacial score (nSPS) is 19.0. The SMILES string of the molecule is CC(C)(C)CC(Br)CNC(=O)CC1CCC1. The lowest BCUT2D eigenvalue weighted by molar-refractivity contribution is -0.122. The van der Waals surface area contributed by atoms with Crippen LogP contribution < -0.4 is 5.32 Å². The highest BCUT2D eigenvalue weighted by molar-refractivity contribution is 9.09. The molecule has 1 rings (SSSR count). The number of alkyl halides is 1. The average molecular weight is 290 g/mol. The second-order valence-corrected chi connectivity index (χ2v) is 7.46. The lowest BCUT2D eigenvalue weighted by Gasteiger charge is -2.25. The average Bonchev–Trinajstić information content (AvgIpc) is 2.05. The molecule has 0 aliphatic heterocycles. The number of nitrogens with one attached hydrogen (secondary N) is 1. The Morgan fingerprint density at radius 1 is 1.44 bits per heavy atom. The van der Waals surface area contributed by atoms with Gasteiger partial charge in [-0.2, -0.15) is 0 Å². The van der Waals surface area contributed by atoms with Crippen LogP contribution in [0.1, 0.15) is 52.9 Å². The van der Waals surface area contributed by atoms with E-state index in [9.17, 15) is 4.79 Å². The van der Waals surface area contributed by atoms with E-state index in [2.05, 4.69) is 42.0 Å². The molecular weight excluding hydrogens is 266 g/mol. The molecule has 0 radical (unpaired) electrons. The fraction of sp³-hybridized carbons (Fsp3) is 0.923. The minimum atomic E-state index is 0.225. The molecule has 0 bridgehead atoms. The number of hydrogen-bond acceptors (Lipinski definition) is 1. The Balaban J connectivity index is 2.10. The van der Waals surface area contributed by atoms with Gasteiger partial charge in [0.25, 0.3) is 0 Å². The smallest absolute Gasteiger partial charge is 0.220 e. The first kappa shape index (κ1) is 14.0. The zero-order chi connectivity index (χ0) is 12.2. The van der Waals surface area contributed by atoms with Crippen molar-refractivity contribution in [3.63, 3.8) is 0 Å². The monoisotopic (exact) mass is 289 g/mol. The minimum Gasteiger partial charge on any atom is -0.355 e. The number of carbonyl (C=O) groups excluding carboxylic acids is 1. The first-order valence-electron chi connectivity index (χ1n) is 6.27. The van der Waals surface area contributed by atoms with Crippen LogP contribution in [0.2, 0.25) is 0 Å². The fourth-order valence-electron chi connectivity index (χ4n) is 1.99. The molecule has 0 spiro atoms. The molecule has 94 valence electrons. The minimum absolute atomic E-state index is 0.225. The molecule has 1 fully saturated rings. The highest BCUT2D eigenvalue weighted by Gasteiger charge is 2.21. The molecule has 1 atom stereocenters. The second kappa shape index (κ2) is 6.04. The number of amides is 1. The van der Waals surface area contributed by atoms with Gasteiger partial charge < -0.3 is 5.32 Å². The Morgan fingerprint density at radius 3 is 2.50 bits per heavy atom. The van der Waals surface area contributed by atoms with Gasteiger partial charge in [0.15, 0.2) is 0 Å². The second-order valence-electron chi connectivity index (χ2n) is 6.17. The number of rotatable bonds is 5. The van der Waals surface area contributed by atoms with E-state index >= 15 is 0 Å². The van der Waals surface area contributed by atoms with Crippen LogP contribution in [0, 0.1) is 11.3 Å². The molecule has 1 saturated carbocycles. The molecule has 0 aromatic carbocycles. The molecule has 2 nitrogen and oxygen atoms in total. The first-order chi connectivity index (χ1) is 7.37. The van der Waals surface area contributed by atoms with E-state index < -0.39 is 0 Å². The molecule has 0 saturated heterocycles. The van der Waals surface area contributed by atoms with Crippen LogP contribution in [0.3, 0.4) is 0 Å². The lowest BCUT2D eigenvalue weighted by Crippen LogP contribution is -2.33. The van der Waals surface area contributed by atoms with Gasteiger partial charge in [0.1, 0.15) is 0 Å². The molecule has 1 unspecified atom stereocenters. The van der Waals surface area contributed by atoms with Gasteiger partial charge >= 0.3 is 0 Å². The van der Waals surface area contributed by atoms with E-state index in [0.29, 0.717) is 16.2 Å². The van der Waals surface area contributed by atoms with Crippen LogP contribution in [-0.2, 0) is 4.79 Å². The molecule has 1 aliphatic rings. The van der Waals surface area contributed by atoms with E-state index in [1.807, 2.05) is 0 Å². The maximum Gasteiger partial charge on any atom is 0.220 e. The lowest BCUT2D eigenvalue weighted by atomic mass is 9.83. The molecule has 0 heterocycles. The Kier molecular flexibility index (Phi) is 5.29. The summed E-state index contributed by atoms with van der Waals surface area (Å²) in [4.78, 5) is 12.0. The van der Waals surface area contributed by atoms with Crippen molar-refractivity contribution in [2.75, 3.05) is 6.54 Å². The summed E-state index contributed by atoms with van der Waals surface area (Å²) < 4.78 is 0. The van der Waals surface area contributed by atoms with Crippen molar-refractivity contribution < 1.29 is 4.79 Å². The number of hydrogen-bond donors (Lipinski definition) is 1. The molecule has 1 amide bonds. The molecular formula is C13H24BrNO. The third-order valence-electron chi connectivity index (χ3n) is 3.05. The summed E-state index contributed by atoms with van der Waals surface area (Å²) in [7, 11) is 0. The Labute approximate surface area is 108 Å². The summed E-state index contributed by atoms with van der Waals surface area (Å²) in [5.41, 5.74) is 0.312. The predicted molar refractivity (Wildman–Crippen MR) is 71.8 cm³/mol. The fourth-order valence-corrected chi connectivity index (χ4v) is 3.13. The van der Waals surface area contributed by atoms with E-state index in [4.69, 9.17) is 0 Å². The Morgan fingerprint density at radius 2 is 2.06 bits per heavy atom. The van der Waals surface area contributed by atoms with Gasteiger partial charge in [0.2, 0.25) is 5.91 Å². The quantitative estimate of drug-likeness (QED) is 0.772. The van der Waals surface area contributed by atoms with Crippen molar-refractivity contribution in [2.45, 2.75) is 57.7 Å². The third kappa shape index (κ3) is 5.88. The van der Waals surface area contributed by atoms with Crippen molar-refractivity contribution in [1.29, 1.82) is 0 Å². The van der Waals surface area contributed by atoms with Crippen molar-refractivity contribution in [3.8, 4) is 0 Å². The van der Waals surface area contributed by atoms with Crippen LogP contribution in [0.5, 0.6) is 0 Å². The van der Waals surface area contributed by atoms with E-state index in [0.717, 1.165) is 19.4 Å². The summed E-state index contributed by atoms with van der Waals surface area (Å²) in [5, 5.41) is 3.02. The molecule has 1 N–H and O–H groups in total. The van der Waals surface area contributed by atoms with Crippen LogP contribution >= 0.6 is 15.9 Å². The highest BCUT2D eigenvalue weighted by atomic mass is 79.9. The van der Waals surface area contributed by atoms with Gasteiger partial charge in [-0.15, -0.1) is 0 Å². The summed E-state index contributed by atoms with van der Waals surface area (Å²) in [6, 6.07) is 0. The van der Waals surface area contributed by atoms with Gasteiger partial charge in [-0.3, -0.25) is 4.79 Å². The molecule has 16 heavy (non-hydrogen) atoms. The van der Waals surface area contributed by atoms with Gasteiger partial charge in [0.05, 0.1) is 0 Å². The zero-order valence-electron chi connectivity index (χ0n) is 10.7. The zero-order valence-corrected chi connectivity index (χ0v) is 12.3. The Hall–Kier alpha value is -0.0500. The summed E-state index contributed by atoms with van der Waals surface area (Å²) in [6.07, 6.45) is 5.61. The topological polar surface area (TPSA) is 29.1 Å². The van der Waals surface area contributed by atoms with E-state index in [1.54, 1.807) is 0 Å². The summed E-state index contributed by atoms with van der Waals surface area (Å²) >= 11 is 3.62. The van der Waals surface area contributed by atoms with E-state index in [-0.39, 0.29) is 5.91 Å². The summed E-state index contributed by atoms with van der Waals surface area (Å²) in [6.45, 7) is 7.41. The molecule has 3 heteroatoms. The van der Waals surface area contributed by atoms with Crippen LogP contribution in [0.15, 0.2) is 0 Å². The maximum atomic E-state index is 11.6. The molecule has 0 aromatic rings. The van der Waals surface area contributed by atoms with Crippen LogP contribution in [0.4, 0.5) is 0 Å². The Bertz CT molecular complexity index is 231. The van der Waals surface area contributed by atoms with Gasteiger partial charge in [-0.1, -0.05) is 43.1 Å². The predicted octanol–water partition coefficient (Wildman–Crippen LogP) is 3.49. The third-order valence-corrected chi connectivity index (χ3v) is 3.70. The molecule has 0 aromatic heterocycles. The van der Waals surface area contributed by atoms with Crippen molar-refractivity contribution in [2.24, 2.45) is 11.3 Å². The largest absolute Gasteiger partial charge is 0.355 e. The van der Waals surface area contributed by atoms with Crippen LogP contribution in [0.25, 0.3) is 0 Å². The number of carbonyl (C=O) groups is 1. The maximum absolute atomic E-state index is 11.6. The van der Waals surface area contributed by atoms with E-state index in [1.165, 1.54) is 19.3 Å². The standard InChI is InChI=1S/C13H24BrNO/c1-13(2,3)8-11(14)9-15-12(16)7-10-5-4-6-10/h10-11H,4-9H2,1-3H3,(H,15,16). The molecule has 1 aliphatic carbocycles. The number of halogens is 1. The summed E-state index contributed by atoms with van der Waals surface area (Å²) in [5.74, 6) is 0.888. The van der Waals surface area contributed by atoms with Gasteiger partial charge in [0, 0.05) is 17.8 Å². The first-order valence-corrected chi connectivity index (χ1v) is 7.19.